The molecule has 1 fully saturated rings. The maximum absolute atomic E-state index is 11.9. The summed E-state index contributed by atoms with van der Waals surface area (Å²) in [6.45, 7) is 7.53. The lowest BCUT2D eigenvalue weighted by atomic mass is 9.88. The van der Waals surface area contributed by atoms with Gasteiger partial charge in [-0.25, -0.2) is 4.79 Å². The second kappa shape index (κ2) is 11.0. The molecule has 0 aromatic carbocycles. The number of aliphatic hydroxyl groups is 3. The van der Waals surface area contributed by atoms with Gasteiger partial charge in [-0.15, -0.1) is 0 Å². The molecule has 7 atom stereocenters. The predicted molar refractivity (Wildman–Crippen MR) is 104 cm³/mol. The van der Waals surface area contributed by atoms with Crippen molar-refractivity contribution in [3.8, 4) is 0 Å². The van der Waals surface area contributed by atoms with Crippen LogP contribution >= 0.6 is 0 Å². The van der Waals surface area contributed by atoms with Crippen molar-refractivity contribution in [3.63, 3.8) is 0 Å². The maximum Gasteiger partial charge on any atom is 0.364 e. The molecule has 0 spiro atoms. The Balaban J connectivity index is 3.10. The third-order valence-electron chi connectivity index (χ3n) is 4.97. The van der Waals surface area contributed by atoms with E-state index in [1.807, 2.05) is 6.92 Å². The molecule has 0 aromatic rings. The third-order valence-corrected chi connectivity index (χ3v) is 4.97. The molecular weight excluding hydrogens is 400 g/mol. The molecule has 1 rings (SSSR count). The van der Waals surface area contributed by atoms with E-state index >= 15 is 0 Å². The smallest absolute Gasteiger partial charge is 0.364 e. The minimum atomic E-state index is -2.28. The van der Waals surface area contributed by atoms with E-state index in [1.54, 1.807) is 20.8 Å². The molecule has 11 nitrogen and oxygen atoms in total. The summed E-state index contributed by atoms with van der Waals surface area (Å²) >= 11 is 0. The lowest BCUT2D eigenvalue weighted by Gasteiger charge is -2.47. The first kappa shape index (κ1) is 26.2. The zero-order valence-corrected chi connectivity index (χ0v) is 18.0. The summed E-state index contributed by atoms with van der Waals surface area (Å²) in [6, 6.07) is -1.21. The number of hydrogen-bond acceptors (Lipinski definition) is 8. The van der Waals surface area contributed by atoms with Crippen LogP contribution in [0.2, 0.25) is 0 Å². The average molecular weight is 434 g/mol. The third kappa shape index (κ3) is 6.61. The molecule has 6 N–H and O–H groups in total. The van der Waals surface area contributed by atoms with Crippen LogP contribution in [0, 0.1) is 5.92 Å². The Morgan fingerprint density at radius 3 is 2.30 bits per heavy atom. The molecule has 2 amide bonds. The first-order valence-corrected chi connectivity index (χ1v) is 10.0. The fourth-order valence-corrected chi connectivity index (χ4v) is 3.21. The van der Waals surface area contributed by atoms with Gasteiger partial charge in [0.05, 0.1) is 24.4 Å². The predicted octanol–water partition coefficient (Wildman–Crippen LogP) is -1.27. The number of ether oxygens (including phenoxy) is 2. The highest BCUT2D eigenvalue weighted by Crippen LogP contribution is 2.34. The van der Waals surface area contributed by atoms with E-state index in [2.05, 4.69) is 10.6 Å². The first-order chi connectivity index (χ1) is 13.8. The lowest BCUT2D eigenvalue weighted by Crippen LogP contribution is -2.68. The van der Waals surface area contributed by atoms with Gasteiger partial charge < -0.3 is 40.5 Å². The molecule has 11 heteroatoms. The van der Waals surface area contributed by atoms with Gasteiger partial charge >= 0.3 is 5.97 Å². The number of aliphatic hydroxyl groups excluding tert-OH is 3. The fraction of sp³-hybridized carbons (Fsp3) is 0.842. The highest BCUT2D eigenvalue weighted by molar-refractivity contribution is 5.78. The highest BCUT2D eigenvalue weighted by Gasteiger charge is 2.56. The van der Waals surface area contributed by atoms with Crippen LogP contribution in [0.5, 0.6) is 0 Å². The summed E-state index contributed by atoms with van der Waals surface area (Å²) in [6.07, 6.45) is -6.79. The second-order valence-corrected chi connectivity index (χ2v) is 7.92. The Morgan fingerprint density at radius 1 is 1.23 bits per heavy atom. The van der Waals surface area contributed by atoms with E-state index in [0.29, 0.717) is 6.42 Å². The van der Waals surface area contributed by atoms with Crippen molar-refractivity contribution in [1.82, 2.24) is 10.6 Å². The van der Waals surface area contributed by atoms with Crippen molar-refractivity contribution >= 4 is 17.8 Å². The van der Waals surface area contributed by atoms with Gasteiger partial charge in [-0.1, -0.05) is 13.8 Å². The number of hydrogen-bond donors (Lipinski definition) is 6. The van der Waals surface area contributed by atoms with Crippen LogP contribution < -0.4 is 10.6 Å². The lowest BCUT2D eigenvalue weighted by molar-refractivity contribution is -0.319. The number of nitrogens with one attached hydrogen (secondary N) is 2. The SMILES string of the molecule is CCC(C)C(=O)NCC(O)C(O)C1OC(OC(C)C)(C(=O)O)CC(O)C1NC(C)=O. The zero-order valence-electron chi connectivity index (χ0n) is 18.0. The molecule has 0 radical (unpaired) electrons. The van der Waals surface area contributed by atoms with Crippen LogP contribution in [0.1, 0.15) is 47.5 Å². The Labute approximate surface area is 175 Å². The van der Waals surface area contributed by atoms with E-state index in [9.17, 15) is 34.8 Å². The number of carbonyl (C=O) groups excluding carboxylic acids is 2. The number of carbonyl (C=O) groups is 3. The minimum Gasteiger partial charge on any atom is -0.477 e. The Bertz CT molecular complexity index is 615. The van der Waals surface area contributed by atoms with E-state index < -0.39 is 60.6 Å². The van der Waals surface area contributed by atoms with Gasteiger partial charge in [0.15, 0.2) is 0 Å². The quantitative estimate of drug-likeness (QED) is 0.245. The number of carboxylic acids is 1. The summed E-state index contributed by atoms with van der Waals surface area (Å²) in [5.74, 6) is -4.98. The molecule has 1 aliphatic heterocycles. The Morgan fingerprint density at radius 2 is 1.83 bits per heavy atom. The van der Waals surface area contributed by atoms with Gasteiger partial charge in [-0.3, -0.25) is 9.59 Å². The van der Waals surface area contributed by atoms with Crippen LogP contribution in [0.15, 0.2) is 0 Å². The molecule has 1 aliphatic rings. The van der Waals surface area contributed by atoms with Crippen molar-refractivity contribution in [3.05, 3.63) is 0 Å². The number of rotatable bonds is 10. The molecule has 174 valence electrons. The standard InChI is InChI=1S/C19H34N2O9/c1-6-10(4)17(26)20-8-13(24)15(25)16-14(21-11(5)22)12(23)7-19(30-16,18(27)28)29-9(2)3/h9-10,12-16,23-25H,6-8H2,1-5H3,(H,20,26)(H,21,22)(H,27,28). The fourth-order valence-electron chi connectivity index (χ4n) is 3.21. The number of carboxylic acid groups (broad SMARTS) is 1. The zero-order chi connectivity index (χ0) is 23.2. The number of aliphatic carboxylic acids is 1. The van der Waals surface area contributed by atoms with Gasteiger partial charge in [0.1, 0.15) is 12.2 Å². The first-order valence-electron chi connectivity index (χ1n) is 10.0. The number of amides is 2. The van der Waals surface area contributed by atoms with Crippen molar-refractivity contribution in [1.29, 1.82) is 0 Å². The van der Waals surface area contributed by atoms with E-state index in [0.717, 1.165) is 0 Å². The highest BCUT2D eigenvalue weighted by atomic mass is 16.7. The van der Waals surface area contributed by atoms with Crippen LogP contribution in [0.3, 0.4) is 0 Å². The summed E-state index contributed by atoms with van der Waals surface area (Å²) in [5, 5.41) is 46.2. The van der Waals surface area contributed by atoms with Gasteiger partial charge in [0, 0.05) is 25.8 Å². The van der Waals surface area contributed by atoms with Crippen molar-refractivity contribution in [2.75, 3.05) is 6.54 Å². The van der Waals surface area contributed by atoms with Crippen LogP contribution in [-0.4, -0.2) is 87.1 Å². The molecule has 0 aliphatic carbocycles. The molecule has 7 unspecified atom stereocenters. The van der Waals surface area contributed by atoms with Crippen LogP contribution in [0.25, 0.3) is 0 Å². The average Bonchev–Trinajstić information content (AvgIpc) is 2.65. The molecule has 0 bridgehead atoms. The Hall–Kier alpha value is -1.79. The summed E-state index contributed by atoms with van der Waals surface area (Å²) in [7, 11) is 0. The van der Waals surface area contributed by atoms with Gasteiger partial charge in [0.25, 0.3) is 5.79 Å². The van der Waals surface area contributed by atoms with Crippen molar-refractivity contribution in [2.24, 2.45) is 5.92 Å². The minimum absolute atomic E-state index is 0.298. The molecular formula is C19H34N2O9. The normalized spacial score (nSPS) is 29.7. The van der Waals surface area contributed by atoms with Gasteiger partial charge in [0.2, 0.25) is 11.8 Å². The van der Waals surface area contributed by atoms with Gasteiger partial charge in [-0.2, -0.15) is 0 Å². The second-order valence-electron chi connectivity index (χ2n) is 7.92. The summed E-state index contributed by atoms with van der Waals surface area (Å²) < 4.78 is 11.0. The molecule has 1 saturated heterocycles. The van der Waals surface area contributed by atoms with Crippen molar-refractivity contribution in [2.45, 2.75) is 89.8 Å². The topological polar surface area (TPSA) is 175 Å². The maximum atomic E-state index is 11.9. The van der Waals surface area contributed by atoms with Crippen molar-refractivity contribution < 1.29 is 44.3 Å². The molecule has 0 saturated carbocycles. The molecule has 1 heterocycles. The van der Waals surface area contributed by atoms with E-state index in [4.69, 9.17) is 9.47 Å². The van der Waals surface area contributed by atoms with Gasteiger partial charge in [-0.05, 0) is 20.3 Å². The van der Waals surface area contributed by atoms with E-state index in [-0.39, 0.29) is 18.4 Å². The Kier molecular flexibility index (Phi) is 9.63. The summed E-state index contributed by atoms with van der Waals surface area (Å²) in [4.78, 5) is 35.4. The largest absolute Gasteiger partial charge is 0.477 e. The molecule has 30 heavy (non-hydrogen) atoms. The molecule has 0 aromatic heterocycles. The van der Waals surface area contributed by atoms with Crippen LogP contribution in [-0.2, 0) is 23.9 Å². The van der Waals surface area contributed by atoms with Crippen LogP contribution in [0.4, 0.5) is 0 Å². The summed E-state index contributed by atoms with van der Waals surface area (Å²) in [5.41, 5.74) is 0. The van der Waals surface area contributed by atoms with E-state index in [1.165, 1.54) is 6.92 Å². The monoisotopic (exact) mass is 434 g/mol.